The zero-order chi connectivity index (χ0) is 12.4. The Labute approximate surface area is 98.1 Å². The lowest BCUT2D eigenvalue weighted by Gasteiger charge is -2.26. The molecule has 94 valence electrons. The fourth-order valence-electron chi connectivity index (χ4n) is 1.64. The Morgan fingerprint density at radius 1 is 1.44 bits per heavy atom. The van der Waals surface area contributed by atoms with Gasteiger partial charge in [0.25, 0.3) is 0 Å². The first kappa shape index (κ1) is 13.7. The van der Waals surface area contributed by atoms with E-state index in [-0.39, 0.29) is 18.8 Å². The van der Waals surface area contributed by atoms with Gasteiger partial charge in [-0.25, -0.2) is 13.0 Å². The van der Waals surface area contributed by atoms with Crippen molar-refractivity contribution in [1.29, 1.82) is 0 Å². The number of alkyl halides is 2. The molecule has 16 heavy (non-hydrogen) atoms. The molecule has 0 spiro atoms. The molecular formula is C11H19F2NOS. The van der Waals surface area contributed by atoms with E-state index in [0.717, 1.165) is 6.42 Å². The maximum absolute atomic E-state index is 13.1. The van der Waals surface area contributed by atoms with Gasteiger partial charge >= 0.3 is 0 Å². The van der Waals surface area contributed by atoms with E-state index in [1.54, 1.807) is 0 Å². The molecule has 2 atom stereocenters. The monoisotopic (exact) mass is 251 g/mol. The SMILES string of the molecule is CC(C)(C)S(=O)N=CC1CCCC(F)(F)C1. The highest BCUT2D eigenvalue weighted by molar-refractivity contribution is 7.85. The zero-order valence-electron chi connectivity index (χ0n) is 10.0. The summed E-state index contributed by atoms with van der Waals surface area (Å²) in [6.07, 6.45) is 2.53. The van der Waals surface area contributed by atoms with Crippen LogP contribution in [-0.4, -0.2) is 21.1 Å². The van der Waals surface area contributed by atoms with Crippen molar-refractivity contribution < 1.29 is 13.0 Å². The lowest BCUT2D eigenvalue weighted by atomic mass is 9.87. The molecule has 5 heteroatoms. The van der Waals surface area contributed by atoms with E-state index in [4.69, 9.17) is 0 Å². The minimum Gasteiger partial charge on any atom is -0.234 e. The first-order valence-electron chi connectivity index (χ1n) is 5.55. The number of nitrogens with zero attached hydrogens (tertiary/aromatic N) is 1. The van der Waals surface area contributed by atoms with Crippen molar-refractivity contribution in [1.82, 2.24) is 0 Å². The number of hydrogen-bond acceptors (Lipinski definition) is 1. The molecule has 1 aliphatic carbocycles. The van der Waals surface area contributed by atoms with Crippen molar-refractivity contribution >= 4 is 17.2 Å². The average Bonchev–Trinajstić information content (AvgIpc) is 2.11. The molecule has 0 saturated heterocycles. The summed E-state index contributed by atoms with van der Waals surface area (Å²) in [5.74, 6) is -2.80. The lowest BCUT2D eigenvalue weighted by molar-refractivity contribution is -0.0420. The summed E-state index contributed by atoms with van der Waals surface area (Å²) in [5.41, 5.74) is 0. The first-order valence-corrected chi connectivity index (χ1v) is 6.65. The van der Waals surface area contributed by atoms with Gasteiger partial charge in [-0.2, -0.15) is 4.40 Å². The van der Waals surface area contributed by atoms with Crippen LogP contribution in [0.3, 0.4) is 0 Å². The van der Waals surface area contributed by atoms with Crippen molar-refractivity contribution in [2.24, 2.45) is 10.3 Å². The van der Waals surface area contributed by atoms with Gasteiger partial charge in [-0.05, 0) is 33.6 Å². The third-order valence-electron chi connectivity index (χ3n) is 2.57. The van der Waals surface area contributed by atoms with Crippen LogP contribution in [-0.2, 0) is 11.0 Å². The smallest absolute Gasteiger partial charge is 0.234 e. The molecule has 0 aromatic rings. The largest absolute Gasteiger partial charge is 0.248 e. The second-order valence-corrected chi connectivity index (χ2v) is 7.26. The average molecular weight is 251 g/mol. The van der Waals surface area contributed by atoms with Crippen molar-refractivity contribution in [2.45, 2.75) is 57.1 Å². The fourth-order valence-corrected chi connectivity index (χ4v) is 2.24. The lowest BCUT2D eigenvalue weighted by Crippen LogP contribution is -2.27. The molecule has 2 nitrogen and oxygen atoms in total. The van der Waals surface area contributed by atoms with Crippen LogP contribution in [0, 0.1) is 5.92 Å². The maximum atomic E-state index is 13.1. The Kier molecular flexibility index (Phi) is 4.21. The third kappa shape index (κ3) is 4.28. The Morgan fingerprint density at radius 3 is 2.56 bits per heavy atom. The van der Waals surface area contributed by atoms with Crippen LogP contribution in [0.15, 0.2) is 4.40 Å². The zero-order valence-corrected chi connectivity index (χ0v) is 10.8. The van der Waals surface area contributed by atoms with Gasteiger partial charge in [0.05, 0.1) is 4.75 Å². The Hall–Kier alpha value is -0.320. The van der Waals surface area contributed by atoms with Crippen LogP contribution in [0.1, 0.15) is 46.5 Å². The maximum Gasteiger partial charge on any atom is 0.248 e. The quantitative estimate of drug-likeness (QED) is 0.692. The molecule has 1 aliphatic rings. The summed E-state index contributed by atoms with van der Waals surface area (Å²) in [6, 6.07) is 0. The van der Waals surface area contributed by atoms with Gasteiger partial charge in [0.1, 0.15) is 11.0 Å². The van der Waals surface area contributed by atoms with Crippen LogP contribution >= 0.6 is 0 Å². The molecule has 0 aliphatic heterocycles. The van der Waals surface area contributed by atoms with Gasteiger partial charge in [0.15, 0.2) is 0 Å². The van der Waals surface area contributed by atoms with E-state index in [1.165, 1.54) is 6.21 Å². The van der Waals surface area contributed by atoms with Gasteiger partial charge in [0.2, 0.25) is 5.92 Å². The van der Waals surface area contributed by atoms with E-state index in [9.17, 15) is 13.0 Å². The summed E-state index contributed by atoms with van der Waals surface area (Å²) in [6.45, 7) is 5.45. The minimum absolute atomic E-state index is 0.0281. The third-order valence-corrected chi connectivity index (χ3v) is 3.93. The van der Waals surface area contributed by atoms with Crippen molar-refractivity contribution in [2.75, 3.05) is 0 Å². The minimum atomic E-state index is -2.57. The Morgan fingerprint density at radius 2 is 2.06 bits per heavy atom. The molecule has 0 heterocycles. The molecule has 2 unspecified atom stereocenters. The highest BCUT2D eigenvalue weighted by Gasteiger charge is 2.35. The standard InChI is InChI=1S/C11H19F2NOS/c1-10(2,3)16(15)14-8-9-5-4-6-11(12,13)7-9/h8-9H,4-7H2,1-3H3. The van der Waals surface area contributed by atoms with E-state index in [1.807, 2.05) is 20.8 Å². The summed E-state index contributed by atoms with van der Waals surface area (Å²) in [7, 11) is -1.34. The fraction of sp³-hybridized carbons (Fsp3) is 0.909. The molecule has 0 aromatic carbocycles. The summed E-state index contributed by atoms with van der Waals surface area (Å²) in [5, 5.41) is 0. The normalized spacial score (nSPS) is 28.2. The Balaban J connectivity index is 2.55. The first-order chi connectivity index (χ1) is 7.21. The Bertz CT molecular complexity index is 297. The predicted molar refractivity (Wildman–Crippen MR) is 63.3 cm³/mol. The molecule has 1 fully saturated rings. The molecule has 1 rings (SSSR count). The molecule has 0 radical (unpaired) electrons. The molecule has 1 saturated carbocycles. The van der Waals surface area contributed by atoms with Gasteiger partial charge in [-0.3, -0.25) is 0 Å². The van der Waals surface area contributed by atoms with E-state index in [0.29, 0.717) is 6.42 Å². The molecular weight excluding hydrogens is 232 g/mol. The van der Waals surface area contributed by atoms with Crippen LogP contribution < -0.4 is 0 Å². The van der Waals surface area contributed by atoms with Crippen LogP contribution in [0.5, 0.6) is 0 Å². The summed E-state index contributed by atoms with van der Waals surface area (Å²) < 4.78 is 41.2. The summed E-state index contributed by atoms with van der Waals surface area (Å²) in [4.78, 5) is 0. The molecule has 0 bridgehead atoms. The predicted octanol–water partition coefficient (Wildman–Crippen LogP) is 3.34. The number of halogens is 2. The highest BCUT2D eigenvalue weighted by atomic mass is 32.2. The van der Waals surface area contributed by atoms with Crippen molar-refractivity contribution in [3.8, 4) is 0 Å². The molecule has 0 amide bonds. The van der Waals surface area contributed by atoms with Crippen LogP contribution in [0.2, 0.25) is 0 Å². The highest BCUT2D eigenvalue weighted by Crippen LogP contribution is 2.35. The van der Waals surface area contributed by atoms with Crippen LogP contribution in [0.25, 0.3) is 0 Å². The van der Waals surface area contributed by atoms with Gasteiger partial charge in [-0.1, -0.05) is 0 Å². The second kappa shape index (κ2) is 4.90. The van der Waals surface area contributed by atoms with Gasteiger partial charge in [0, 0.05) is 25.0 Å². The van der Waals surface area contributed by atoms with E-state index in [2.05, 4.69) is 4.40 Å². The number of hydrogen-bond donors (Lipinski definition) is 0. The van der Waals surface area contributed by atoms with Gasteiger partial charge in [-0.15, -0.1) is 0 Å². The second-order valence-electron chi connectivity index (χ2n) is 5.33. The molecule has 0 aromatic heterocycles. The number of rotatable bonds is 2. The topological polar surface area (TPSA) is 29.4 Å². The van der Waals surface area contributed by atoms with Crippen LogP contribution in [0.4, 0.5) is 8.78 Å². The van der Waals surface area contributed by atoms with Crippen molar-refractivity contribution in [3.63, 3.8) is 0 Å². The molecule has 0 N–H and O–H groups in total. The summed E-state index contributed by atoms with van der Waals surface area (Å²) >= 11 is 0. The van der Waals surface area contributed by atoms with E-state index >= 15 is 0 Å². The van der Waals surface area contributed by atoms with Crippen molar-refractivity contribution in [3.05, 3.63) is 0 Å². The van der Waals surface area contributed by atoms with E-state index < -0.39 is 21.7 Å². The van der Waals surface area contributed by atoms with Gasteiger partial charge < -0.3 is 0 Å².